The van der Waals surface area contributed by atoms with E-state index in [0.29, 0.717) is 6.54 Å². The Hall–Kier alpha value is -1.81. The minimum atomic E-state index is -0.0818. The van der Waals surface area contributed by atoms with Gasteiger partial charge in [-0.05, 0) is 23.1 Å². The summed E-state index contributed by atoms with van der Waals surface area (Å²) >= 11 is 0. The highest BCUT2D eigenvalue weighted by atomic mass is 16.3. The number of hydrogen-bond donors (Lipinski definition) is 1. The molecule has 0 saturated carbocycles. The Labute approximate surface area is 87.7 Å². The third-order valence-corrected chi connectivity index (χ3v) is 2.24. The van der Waals surface area contributed by atoms with Gasteiger partial charge in [0.25, 0.3) is 0 Å². The zero-order valence-corrected chi connectivity index (χ0v) is 8.55. The Morgan fingerprint density at radius 2 is 2.40 bits per heavy atom. The first-order valence-corrected chi connectivity index (χ1v) is 4.78. The fourth-order valence-electron chi connectivity index (χ4n) is 1.48. The maximum atomic E-state index is 10.1. The molecule has 0 aromatic rings. The maximum Gasteiger partial charge on any atom is 0.105 e. The Kier molecular flexibility index (Phi) is 4.37. The van der Waals surface area contributed by atoms with Crippen LogP contribution >= 0.6 is 0 Å². The second-order valence-corrected chi connectivity index (χ2v) is 3.19. The fraction of sp³-hybridized carbons (Fsp3) is 0.556. The summed E-state index contributed by atoms with van der Waals surface area (Å²) in [5.74, 6) is 0. The van der Waals surface area contributed by atoms with Crippen LogP contribution in [0.15, 0.2) is 33.7 Å². The minimum absolute atomic E-state index is 0.0818. The second-order valence-electron chi connectivity index (χ2n) is 3.19. The number of dihydropyridines is 1. The Balaban J connectivity index is 2.76. The summed E-state index contributed by atoms with van der Waals surface area (Å²) < 4.78 is 0. The molecule has 0 saturated heterocycles. The van der Waals surface area contributed by atoms with E-state index in [2.05, 4.69) is 20.5 Å². The predicted molar refractivity (Wildman–Crippen MR) is 58.1 cm³/mol. The van der Waals surface area contributed by atoms with E-state index in [-0.39, 0.29) is 12.6 Å². The molecule has 80 valence electrons. The van der Waals surface area contributed by atoms with Gasteiger partial charge in [-0.1, -0.05) is 23.3 Å². The van der Waals surface area contributed by atoms with Crippen molar-refractivity contribution in [2.24, 2.45) is 10.3 Å². The normalized spacial score (nSPS) is 19.4. The maximum absolute atomic E-state index is 10.1. The average molecular weight is 207 g/mol. The molecule has 0 aromatic heterocycles. The molecule has 1 heterocycles. The van der Waals surface area contributed by atoms with Gasteiger partial charge in [-0.2, -0.15) is 4.91 Å². The van der Waals surface area contributed by atoms with Gasteiger partial charge in [0.05, 0.1) is 12.6 Å². The van der Waals surface area contributed by atoms with E-state index in [9.17, 15) is 4.91 Å². The monoisotopic (exact) mass is 207 g/mol. The molecule has 1 aliphatic rings. The third kappa shape index (κ3) is 3.11. The smallest absolute Gasteiger partial charge is 0.105 e. The molecule has 0 spiro atoms. The van der Waals surface area contributed by atoms with Crippen molar-refractivity contribution in [2.75, 3.05) is 13.1 Å². The van der Waals surface area contributed by atoms with Crippen LogP contribution in [0.2, 0.25) is 0 Å². The van der Waals surface area contributed by atoms with Crippen LogP contribution in [0.25, 0.3) is 10.4 Å². The molecule has 0 aromatic carbocycles. The van der Waals surface area contributed by atoms with E-state index in [1.54, 1.807) is 0 Å². The summed E-state index contributed by atoms with van der Waals surface area (Å²) in [5, 5.41) is 9.42. The molecular formula is C9H13N5O. The Morgan fingerprint density at radius 1 is 1.60 bits per heavy atom. The zero-order chi connectivity index (χ0) is 11.1. The standard InChI is InChI=1S/C9H13N5O/c1-2-7-4-11-9(6-13-15)3-8(7)5-12-14-10/h3-4,9,11H,2,5-6H2,1H3. The summed E-state index contributed by atoms with van der Waals surface area (Å²) in [6.45, 7) is 2.54. The molecule has 1 unspecified atom stereocenters. The van der Waals surface area contributed by atoms with Gasteiger partial charge in [0.1, 0.15) is 6.54 Å². The van der Waals surface area contributed by atoms with Gasteiger partial charge in [0, 0.05) is 11.1 Å². The number of hydrogen-bond acceptors (Lipinski definition) is 4. The van der Waals surface area contributed by atoms with Crippen molar-refractivity contribution in [1.29, 1.82) is 0 Å². The van der Waals surface area contributed by atoms with E-state index in [1.807, 2.05) is 19.2 Å². The summed E-state index contributed by atoms with van der Waals surface area (Å²) in [5.41, 5.74) is 10.3. The van der Waals surface area contributed by atoms with Crippen molar-refractivity contribution in [3.63, 3.8) is 0 Å². The van der Waals surface area contributed by atoms with Crippen LogP contribution in [0.4, 0.5) is 0 Å². The van der Waals surface area contributed by atoms with Crippen molar-refractivity contribution in [3.05, 3.63) is 38.8 Å². The van der Waals surface area contributed by atoms with E-state index in [0.717, 1.165) is 17.6 Å². The average Bonchev–Trinajstić information content (AvgIpc) is 2.27. The molecule has 1 rings (SSSR count). The first kappa shape index (κ1) is 11.3. The molecule has 0 radical (unpaired) electrons. The molecule has 0 aliphatic carbocycles. The number of rotatable bonds is 5. The molecular weight excluding hydrogens is 194 g/mol. The van der Waals surface area contributed by atoms with Crippen LogP contribution in [-0.4, -0.2) is 19.1 Å². The molecule has 1 atom stereocenters. The van der Waals surface area contributed by atoms with Gasteiger partial charge < -0.3 is 5.32 Å². The van der Waals surface area contributed by atoms with Crippen LogP contribution in [0.1, 0.15) is 13.3 Å². The fourth-order valence-corrected chi connectivity index (χ4v) is 1.48. The zero-order valence-electron chi connectivity index (χ0n) is 8.55. The first-order valence-electron chi connectivity index (χ1n) is 4.78. The number of nitroso groups, excluding NO2 is 1. The molecule has 0 amide bonds. The molecule has 15 heavy (non-hydrogen) atoms. The molecule has 1 N–H and O–H groups in total. The van der Waals surface area contributed by atoms with Crippen molar-refractivity contribution in [2.45, 2.75) is 19.4 Å². The molecule has 6 heteroatoms. The van der Waals surface area contributed by atoms with E-state index < -0.39 is 0 Å². The van der Waals surface area contributed by atoms with Gasteiger partial charge in [-0.15, -0.1) is 0 Å². The van der Waals surface area contributed by atoms with Crippen LogP contribution in [0.5, 0.6) is 0 Å². The Morgan fingerprint density at radius 3 is 3.00 bits per heavy atom. The number of nitrogens with zero attached hydrogens (tertiary/aromatic N) is 4. The SMILES string of the molecule is CCC1=CNC(CN=O)C=C1CN=[N+]=[N-]. The van der Waals surface area contributed by atoms with Crippen molar-refractivity contribution < 1.29 is 0 Å². The lowest BCUT2D eigenvalue weighted by Crippen LogP contribution is -2.29. The van der Waals surface area contributed by atoms with Crippen molar-refractivity contribution in [1.82, 2.24) is 5.32 Å². The lowest BCUT2D eigenvalue weighted by Gasteiger charge is -2.20. The highest BCUT2D eigenvalue weighted by Crippen LogP contribution is 2.18. The largest absolute Gasteiger partial charge is 0.382 e. The van der Waals surface area contributed by atoms with E-state index >= 15 is 0 Å². The first-order chi connectivity index (χ1) is 7.31. The number of nitrogens with one attached hydrogen (secondary N) is 1. The summed E-state index contributed by atoms with van der Waals surface area (Å²) in [6.07, 6.45) is 4.62. The number of azide groups is 1. The third-order valence-electron chi connectivity index (χ3n) is 2.24. The molecule has 1 aliphatic heterocycles. The van der Waals surface area contributed by atoms with Gasteiger partial charge in [-0.3, -0.25) is 0 Å². The Bertz CT molecular complexity index is 340. The van der Waals surface area contributed by atoms with E-state index in [1.165, 1.54) is 0 Å². The van der Waals surface area contributed by atoms with Crippen molar-refractivity contribution in [3.8, 4) is 0 Å². The van der Waals surface area contributed by atoms with Gasteiger partial charge in [-0.25, -0.2) is 0 Å². The van der Waals surface area contributed by atoms with Gasteiger partial charge >= 0.3 is 0 Å². The van der Waals surface area contributed by atoms with Crippen molar-refractivity contribution >= 4 is 0 Å². The topological polar surface area (TPSA) is 90.2 Å². The summed E-state index contributed by atoms with van der Waals surface area (Å²) in [4.78, 5) is 12.8. The molecule has 6 nitrogen and oxygen atoms in total. The summed E-state index contributed by atoms with van der Waals surface area (Å²) in [7, 11) is 0. The molecule has 0 bridgehead atoms. The minimum Gasteiger partial charge on any atom is -0.382 e. The van der Waals surface area contributed by atoms with Crippen LogP contribution < -0.4 is 5.32 Å². The predicted octanol–water partition coefficient (Wildman–Crippen LogP) is 2.26. The van der Waals surface area contributed by atoms with Crippen LogP contribution in [0, 0.1) is 4.91 Å². The highest BCUT2D eigenvalue weighted by Gasteiger charge is 2.13. The lowest BCUT2D eigenvalue weighted by molar-refractivity contribution is 0.681. The second kappa shape index (κ2) is 5.82. The molecule has 0 fully saturated rings. The van der Waals surface area contributed by atoms with E-state index in [4.69, 9.17) is 5.53 Å². The lowest BCUT2D eigenvalue weighted by atomic mass is 9.99. The quantitative estimate of drug-likeness (QED) is 0.324. The van der Waals surface area contributed by atoms with Gasteiger partial charge in [0.15, 0.2) is 0 Å². The van der Waals surface area contributed by atoms with Crippen LogP contribution in [-0.2, 0) is 0 Å². The summed E-state index contributed by atoms with van der Waals surface area (Å²) in [6, 6.07) is -0.0818. The van der Waals surface area contributed by atoms with Gasteiger partial charge in [0.2, 0.25) is 0 Å². The van der Waals surface area contributed by atoms with Crippen LogP contribution in [0.3, 0.4) is 0 Å². The highest BCUT2D eigenvalue weighted by molar-refractivity contribution is 5.36.